The molecule has 0 atom stereocenters. The molecule has 0 aliphatic rings. The van der Waals surface area contributed by atoms with Gasteiger partial charge in [-0.2, -0.15) is 5.11 Å². The zero-order chi connectivity index (χ0) is 20.1. The number of azo groups is 1. The van der Waals surface area contributed by atoms with E-state index < -0.39 is 0 Å². The number of thioether (sulfide) groups is 1. The van der Waals surface area contributed by atoms with Crippen molar-refractivity contribution < 1.29 is 14.6 Å². The van der Waals surface area contributed by atoms with Crippen molar-refractivity contribution in [3.8, 4) is 5.75 Å². The molecule has 0 aromatic heterocycles. The zero-order valence-corrected chi connectivity index (χ0v) is 18.5. The number of benzene rings is 3. The van der Waals surface area contributed by atoms with Gasteiger partial charge in [0.15, 0.2) is 0 Å². The fourth-order valence-corrected chi connectivity index (χ4v) is 4.04. The SMILES string of the molecule is CCOC(=O)CSc1c(C)c(O)c2ccccc2c1N=Nc1ccc(I)cc1. The number of nitrogens with zero attached hydrogens (tertiary/aromatic N) is 2. The second kappa shape index (κ2) is 9.38. The van der Waals surface area contributed by atoms with E-state index >= 15 is 0 Å². The molecule has 7 heteroatoms. The van der Waals surface area contributed by atoms with Gasteiger partial charge in [0, 0.05) is 24.8 Å². The number of hydrogen-bond donors (Lipinski definition) is 1. The molecule has 5 nitrogen and oxygen atoms in total. The number of carbonyl (C=O) groups excluding carboxylic acids is 1. The summed E-state index contributed by atoms with van der Waals surface area (Å²) in [6, 6.07) is 15.2. The summed E-state index contributed by atoms with van der Waals surface area (Å²) in [6.07, 6.45) is 0. The van der Waals surface area contributed by atoms with Crippen LogP contribution < -0.4 is 0 Å². The maximum Gasteiger partial charge on any atom is 0.316 e. The Morgan fingerprint density at radius 1 is 1.11 bits per heavy atom. The molecule has 0 saturated carbocycles. The zero-order valence-electron chi connectivity index (χ0n) is 15.5. The average Bonchev–Trinajstić information content (AvgIpc) is 2.70. The van der Waals surface area contributed by atoms with Gasteiger partial charge in [0.2, 0.25) is 0 Å². The van der Waals surface area contributed by atoms with Crippen LogP contribution in [-0.4, -0.2) is 23.4 Å². The molecule has 0 saturated heterocycles. The number of hydrogen-bond acceptors (Lipinski definition) is 6. The van der Waals surface area contributed by atoms with E-state index in [-0.39, 0.29) is 17.5 Å². The Morgan fingerprint density at radius 2 is 1.79 bits per heavy atom. The first-order chi connectivity index (χ1) is 13.5. The van der Waals surface area contributed by atoms with Crippen molar-refractivity contribution in [3.05, 3.63) is 57.7 Å². The average molecular weight is 506 g/mol. The minimum atomic E-state index is -0.305. The third-order valence-electron chi connectivity index (χ3n) is 4.08. The number of esters is 1. The molecule has 0 aliphatic carbocycles. The van der Waals surface area contributed by atoms with Crippen LogP contribution in [0.5, 0.6) is 5.75 Å². The minimum absolute atomic E-state index is 0.137. The first kappa shape index (κ1) is 20.6. The van der Waals surface area contributed by atoms with Gasteiger partial charge in [-0.05, 0) is 60.7 Å². The quantitative estimate of drug-likeness (QED) is 0.179. The van der Waals surface area contributed by atoms with E-state index in [4.69, 9.17) is 4.74 Å². The van der Waals surface area contributed by atoms with Crippen LogP contribution in [0.2, 0.25) is 0 Å². The summed E-state index contributed by atoms with van der Waals surface area (Å²) in [4.78, 5) is 12.6. The van der Waals surface area contributed by atoms with E-state index in [0.29, 0.717) is 23.2 Å². The van der Waals surface area contributed by atoms with Crippen LogP contribution in [0.25, 0.3) is 10.8 Å². The Hall–Kier alpha value is -2.13. The van der Waals surface area contributed by atoms with Gasteiger partial charge < -0.3 is 9.84 Å². The number of halogens is 1. The van der Waals surface area contributed by atoms with Crippen molar-refractivity contribution in [2.75, 3.05) is 12.4 Å². The molecule has 3 aromatic carbocycles. The number of aromatic hydroxyl groups is 1. The minimum Gasteiger partial charge on any atom is -0.507 e. The van der Waals surface area contributed by atoms with Gasteiger partial charge in [-0.15, -0.1) is 16.9 Å². The third-order valence-corrected chi connectivity index (χ3v) is 5.97. The summed E-state index contributed by atoms with van der Waals surface area (Å²) < 4.78 is 6.14. The molecule has 0 radical (unpaired) electrons. The lowest BCUT2D eigenvalue weighted by atomic mass is 10.0. The lowest BCUT2D eigenvalue weighted by Crippen LogP contribution is -2.06. The maximum atomic E-state index is 11.8. The molecule has 0 amide bonds. The fourth-order valence-electron chi connectivity index (χ4n) is 2.73. The van der Waals surface area contributed by atoms with Gasteiger partial charge in [0.05, 0.1) is 18.0 Å². The molecular formula is C21H19IN2O3S. The van der Waals surface area contributed by atoms with Crippen molar-refractivity contribution in [1.29, 1.82) is 0 Å². The Labute approximate surface area is 181 Å². The predicted octanol–water partition coefficient (Wildman–Crippen LogP) is 6.53. The molecule has 144 valence electrons. The number of rotatable bonds is 6. The summed E-state index contributed by atoms with van der Waals surface area (Å²) in [5.74, 6) is 0.0219. The summed E-state index contributed by atoms with van der Waals surface area (Å²) in [7, 11) is 0. The Kier molecular flexibility index (Phi) is 6.90. The van der Waals surface area contributed by atoms with Gasteiger partial charge in [0.25, 0.3) is 0 Å². The number of phenolic OH excluding ortho intramolecular Hbond substituents is 1. The smallest absolute Gasteiger partial charge is 0.316 e. The van der Waals surface area contributed by atoms with Crippen LogP contribution in [0, 0.1) is 10.5 Å². The molecular weight excluding hydrogens is 487 g/mol. The molecule has 28 heavy (non-hydrogen) atoms. The Bertz CT molecular complexity index is 1040. The van der Waals surface area contributed by atoms with Crippen molar-refractivity contribution in [2.45, 2.75) is 18.7 Å². The number of fused-ring (bicyclic) bond motifs is 1. The lowest BCUT2D eigenvalue weighted by molar-refractivity contribution is -0.139. The first-order valence-electron chi connectivity index (χ1n) is 8.71. The lowest BCUT2D eigenvalue weighted by Gasteiger charge is -2.14. The molecule has 0 fully saturated rings. The number of phenols is 1. The highest BCUT2D eigenvalue weighted by Crippen LogP contribution is 2.45. The molecule has 0 spiro atoms. The van der Waals surface area contributed by atoms with E-state index in [0.717, 1.165) is 19.5 Å². The van der Waals surface area contributed by atoms with Gasteiger partial charge >= 0.3 is 5.97 Å². The summed E-state index contributed by atoms with van der Waals surface area (Å²) in [5.41, 5.74) is 2.04. The van der Waals surface area contributed by atoms with Gasteiger partial charge in [0.1, 0.15) is 11.4 Å². The molecule has 1 N–H and O–H groups in total. The molecule has 0 bridgehead atoms. The molecule has 0 aliphatic heterocycles. The van der Waals surface area contributed by atoms with E-state index in [1.165, 1.54) is 11.8 Å². The van der Waals surface area contributed by atoms with E-state index in [2.05, 4.69) is 32.8 Å². The second-order valence-electron chi connectivity index (χ2n) is 5.97. The predicted molar refractivity (Wildman–Crippen MR) is 121 cm³/mol. The van der Waals surface area contributed by atoms with Crippen molar-refractivity contribution in [1.82, 2.24) is 0 Å². The standard InChI is InChI=1S/C21H19IN2O3S/c1-3-27-18(25)12-28-21-13(2)20(26)17-7-5-4-6-16(17)19(21)24-23-15-10-8-14(22)9-11-15/h4-11,26H,3,12H2,1-2H3. The molecule has 0 unspecified atom stereocenters. The van der Waals surface area contributed by atoms with Gasteiger partial charge in [-0.1, -0.05) is 24.3 Å². The van der Waals surface area contributed by atoms with Crippen molar-refractivity contribution in [3.63, 3.8) is 0 Å². The molecule has 0 heterocycles. The first-order valence-corrected chi connectivity index (χ1v) is 10.8. The summed E-state index contributed by atoms with van der Waals surface area (Å²) in [5, 5.41) is 21.0. The Morgan fingerprint density at radius 3 is 2.46 bits per heavy atom. The molecule has 3 rings (SSSR count). The van der Waals surface area contributed by atoms with E-state index in [9.17, 15) is 9.90 Å². The molecule has 3 aromatic rings. The van der Waals surface area contributed by atoms with Crippen LogP contribution in [-0.2, 0) is 9.53 Å². The highest BCUT2D eigenvalue weighted by atomic mass is 127. The highest BCUT2D eigenvalue weighted by molar-refractivity contribution is 14.1. The van der Waals surface area contributed by atoms with Gasteiger partial charge in [-0.25, -0.2) is 0 Å². The van der Waals surface area contributed by atoms with Crippen LogP contribution in [0.4, 0.5) is 11.4 Å². The summed E-state index contributed by atoms with van der Waals surface area (Å²) in [6.45, 7) is 3.93. The summed E-state index contributed by atoms with van der Waals surface area (Å²) >= 11 is 3.54. The van der Waals surface area contributed by atoms with Crippen LogP contribution in [0.15, 0.2) is 63.7 Å². The highest BCUT2D eigenvalue weighted by Gasteiger charge is 2.18. The number of ether oxygens (including phenoxy) is 1. The van der Waals surface area contributed by atoms with Crippen LogP contribution >= 0.6 is 34.4 Å². The normalized spacial score (nSPS) is 11.2. The third kappa shape index (κ3) is 4.64. The second-order valence-corrected chi connectivity index (χ2v) is 8.20. The van der Waals surface area contributed by atoms with E-state index in [1.807, 2.05) is 55.5 Å². The largest absolute Gasteiger partial charge is 0.507 e. The van der Waals surface area contributed by atoms with E-state index in [1.54, 1.807) is 6.92 Å². The number of carbonyl (C=O) groups is 1. The van der Waals surface area contributed by atoms with Crippen LogP contribution in [0.1, 0.15) is 12.5 Å². The topological polar surface area (TPSA) is 71.2 Å². The van der Waals surface area contributed by atoms with Crippen LogP contribution in [0.3, 0.4) is 0 Å². The van der Waals surface area contributed by atoms with Crippen molar-refractivity contribution in [2.24, 2.45) is 10.2 Å². The monoisotopic (exact) mass is 506 g/mol. The maximum absolute atomic E-state index is 11.8. The van der Waals surface area contributed by atoms with Gasteiger partial charge in [-0.3, -0.25) is 4.79 Å². The Balaban J connectivity index is 2.08. The fraction of sp³-hybridized carbons (Fsp3) is 0.190. The van der Waals surface area contributed by atoms with Crippen molar-refractivity contribution >= 4 is 62.5 Å².